The molecule has 0 amide bonds. The number of halogens is 3. The lowest BCUT2D eigenvalue weighted by molar-refractivity contribution is -0.301. The van der Waals surface area contributed by atoms with Gasteiger partial charge in [-0.05, 0) is 41.3 Å². The second-order valence-electron chi connectivity index (χ2n) is 5.18. The van der Waals surface area contributed by atoms with Crippen molar-refractivity contribution in [3.05, 3.63) is 0 Å². The highest BCUT2D eigenvalue weighted by Gasteiger charge is 2.53. The maximum Gasteiger partial charge on any atom is 0.417 e. The molecule has 0 aliphatic heterocycles. The summed E-state index contributed by atoms with van der Waals surface area (Å²) in [5, 5.41) is 0. The van der Waals surface area contributed by atoms with Crippen LogP contribution in [0.2, 0.25) is 0 Å². The highest BCUT2D eigenvalue weighted by atomic mass is 19.4. The largest absolute Gasteiger partial charge is 0.417 e. The van der Waals surface area contributed by atoms with Gasteiger partial charge in [-0.2, -0.15) is 13.2 Å². The quantitative estimate of drug-likeness (QED) is 0.733. The van der Waals surface area contributed by atoms with E-state index in [4.69, 9.17) is 4.74 Å². The summed E-state index contributed by atoms with van der Waals surface area (Å²) < 4.78 is 43.8. The van der Waals surface area contributed by atoms with Crippen LogP contribution >= 0.6 is 0 Å². The Hall–Kier alpha value is -0.290. The minimum atomic E-state index is -4.34. The lowest BCUT2D eigenvalue weighted by Crippen LogP contribution is -2.52. The van der Waals surface area contributed by atoms with E-state index < -0.39 is 17.4 Å². The fraction of sp³-hybridized carbons (Fsp3) is 1.00. The van der Waals surface area contributed by atoms with Gasteiger partial charge in [0.05, 0.1) is 5.60 Å². The second-order valence-corrected chi connectivity index (χ2v) is 5.18. The Bertz CT molecular complexity index is 226. The molecule has 0 saturated heterocycles. The van der Waals surface area contributed by atoms with Crippen molar-refractivity contribution in [2.45, 2.75) is 51.5 Å². The molecule has 0 aromatic carbocycles. The van der Waals surface area contributed by atoms with E-state index in [9.17, 15) is 13.2 Å². The predicted octanol–water partition coefficient (Wildman–Crippen LogP) is 3.07. The highest BCUT2D eigenvalue weighted by molar-refractivity contribution is 4.87. The van der Waals surface area contributed by atoms with Crippen LogP contribution in [0.4, 0.5) is 13.2 Å². The Morgan fingerprint density at radius 3 is 1.75 bits per heavy atom. The van der Waals surface area contributed by atoms with Crippen LogP contribution in [-0.2, 0) is 4.74 Å². The monoisotopic (exact) mass is 241 g/mol. The molecule has 0 radical (unpaired) electrons. The van der Waals surface area contributed by atoms with Crippen LogP contribution in [0.1, 0.15) is 34.1 Å². The van der Waals surface area contributed by atoms with Crippen LogP contribution in [0.3, 0.4) is 0 Å². The number of hydrogen-bond acceptors (Lipinski definition) is 2. The van der Waals surface area contributed by atoms with Crippen molar-refractivity contribution < 1.29 is 17.9 Å². The smallest absolute Gasteiger partial charge is 0.359 e. The van der Waals surface area contributed by atoms with E-state index in [1.54, 1.807) is 13.8 Å². The summed E-state index contributed by atoms with van der Waals surface area (Å²) in [7, 11) is 3.62. The molecule has 0 aliphatic carbocycles. The van der Waals surface area contributed by atoms with Gasteiger partial charge in [0, 0.05) is 6.54 Å². The van der Waals surface area contributed by atoms with E-state index in [2.05, 4.69) is 0 Å². The summed E-state index contributed by atoms with van der Waals surface area (Å²) in [4.78, 5) is 1.81. The molecule has 1 unspecified atom stereocenters. The zero-order valence-corrected chi connectivity index (χ0v) is 10.9. The van der Waals surface area contributed by atoms with Gasteiger partial charge in [-0.25, -0.2) is 0 Å². The number of likely N-dealkylation sites (N-methyl/N-ethyl adjacent to an activating group) is 1. The Kier molecular flexibility index (Phi) is 4.83. The number of ether oxygens (including phenoxy) is 1. The fourth-order valence-corrected chi connectivity index (χ4v) is 1.73. The third kappa shape index (κ3) is 4.29. The third-order valence-electron chi connectivity index (χ3n) is 2.47. The van der Waals surface area contributed by atoms with Crippen LogP contribution in [0.15, 0.2) is 0 Å². The SMILES string of the molecule is CCC(C)(OC(C)(C)CN(C)C)C(F)(F)F. The molecule has 2 nitrogen and oxygen atoms in total. The number of nitrogens with zero attached hydrogens (tertiary/aromatic N) is 1. The summed E-state index contributed by atoms with van der Waals surface area (Å²) in [5.74, 6) is 0. The van der Waals surface area contributed by atoms with Crippen molar-refractivity contribution in [3.8, 4) is 0 Å². The third-order valence-corrected chi connectivity index (χ3v) is 2.47. The maximum atomic E-state index is 12.8. The van der Waals surface area contributed by atoms with Crippen LogP contribution in [0, 0.1) is 0 Å². The zero-order chi connectivity index (χ0) is 13.2. The van der Waals surface area contributed by atoms with E-state index in [1.807, 2.05) is 19.0 Å². The molecule has 0 spiro atoms. The Morgan fingerprint density at radius 1 is 1.06 bits per heavy atom. The molecule has 98 valence electrons. The van der Waals surface area contributed by atoms with Gasteiger partial charge in [0.25, 0.3) is 0 Å². The summed E-state index contributed by atoms with van der Waals surface area (Å²) in [6.07, 6.45) is -4.43. The van der Waals surface area contributed by atoms with Gasteiger partial charge < -0.3 is 9.64 Å². The first-order valence-corrected chi connectivity index (χ1v) is 5.35. The van der Waals surface area contributed by atoms with E-state index in [0.717, 1.165) is 6.92 Å². The zero-order valence-electron chi connectivity index (χ0n) is 10.9. The molecule has 0 N–H and O–H groups in total. The molecule has 0 aromatic rings. The Labute approximate surface area is 95.8 Å². The highest BCUT2D eigenvalue weighted by Crippen LogP contribution is 2.38. The van der Waals surface area contributed by atoms with Crippen molar-refractivity contribution in [1.82, 2.24) is 4.90 Å². The van der Waals surface area contributed by atoms with E-state index in [1.165, 1.54) is 6.92 Å². The lowest BCUT2D eigenvalue weighted by atomic mass is 10.00. The van der Waals surface area contributed by atoms with E-state index in [-0.39, 0.29) is 6.42 Å². The standard InChI is InChI=1S/C11H22F3NO/c1-7-10(4,11(12,13)14)16-9(2,3)8-15(5)6/h7-8H2,1-6H3. The van der Waals surface area contributed by atoms with Crippen LogP contribution in [0.5, 0.6) is 0 Å². The van der Waals surface area contributed by atoms with Gasteiger partial charge in [0.1, 0.15) is 0 Å². The first-order valence-electron chi connectivity index (χ1n) is 5.35. The van der Waals surface area contributed by atoms with Crippen LogP contribution in [0.25, 0.3) is 0 Å². The molecule has 0 bridgehead atoms. The van der Waals surface area contributed by atoms with Gasteiger partial charge in [0.2, 0.25) is 0 Å². The molecule has 16 heavy (non-hydrogen) atoms. The molecule has 5 heteroatoms. The molecule has 0 saturated carbocycles. The van der Waals surface area contributed by atoms with Gasteiger partial charge in [-0.1, -0.05) is 6.92 Å². The minimum Gasteiger partial charge on any atom is -0.359 e. The van der Waals surface area contributed by atoms with Crippen LogP contribution < -0.4 is 0 Å². The average molecular weight is 241 g/mol. The number of hydrogen-bond donors (Lipinski definition) is 0. The molecule has 0 aliphatic rings. The average Bonchev–Trinajstić information content (AvgIpc) is 1.98. The van der Waals surface area contributed by atoms with Gasteiger partial charge in [-0.15, -0.1) is 0 Å². The Morgan fingerprint density at radius 2 is 1.50 bits per heavy atom. The molecule has 0 rings (SSSR count). The fourth-order valence-electron chi connectivity index (χ4n) is 1.73. The predicted molar refractivity (Wildman–Crippen MR) is 58.5 cm³/mol. The summed E-state index contributed by atoms with van der Waals surface area (Å²) >= 11 is 0. The van der Waals surface area contributed by atoms with Crippen molar-refractivity contribution in [1.29, 1.82) is 0 Å². The second kappa shape index (κ2) is 4.92. The van der Waals surface area contributed by atoms with Crippen molar-refractivity contribution in [2.75, 3.05) is 20.6 Å². The molecule has 1 atom stereocenters. The summed E-state index contributed by atoms with van der Waals surface area (Å²) in [6, 6.07) is 0. The summed E-state index contributed by atoms with van der Waals surface area (Å²) in [5.41, 5.74) is -2.91. The molecular formula is C11H22F3NO. The number of rotatable bonds is 5. The first kappa shape index (κ1) is 15.7. The van der Waals surface area contributed by atoms with E-state index >= 15 is 0 Å². The van der Waals surface area contributed by atoms with Crippen molar-refractivity contribution in [2.24, 2.45) is 0 Å². The molecule has 0 fully saturated rings. The molecule has 0 heterocycles. The molecular weight excluding hydrogens is 219 g/mol. The van der Waals surface area contributed by atoms with Crippen molar-refractivity contribution in [3.63, 3.8) is 0 Å². The van der Waals surface area contributed by atoms with Gasteiger partial charge in [-0.3, -0.25) is 0 Å². The normalized spacial score (nSPS) is 17.6. The Balaban J connectivity index is 4.78. The maximum absolute atomic E-state index is 12.8. The molecule has 0 aromatic heterocycles. The number of alkyl halides is 3. The topological polar surface area (TPSA) is 12.5 Å². The van der Waals surface area contributed by atoms with Crippen molar-refractivity contribution >= 4 is 0 Å². The van der Waals surface area contributed by atoms with Gasteiger partial charge >= 0.3 is 6.18 Å². The van der Waals surface area contributed by atoms with Crippen LogP contribution in [-0.4, -0.2) is 42.9 Å². The minimum absolute atomic E-state index is 0.0899. The lowest BCUT2D eigenvalue weighted by Gasteiger charge is -2.40. The summed E-state index contributed by atoms with van der Waals surface area (Å²) in [6.45, 7) is 6.38. The van der Waals surface area contributed by atoms with Gasteiger partial charge in [0.15, 0.2) is 5.60 Å². The first-order chi connectivity index (χ1) is 6.93. The van der Waals surface area contributed by atoms with E-state index in [0.29, 0.717) is 6.54 Å².